The number of aromatic amines is 1. The van der Waals surface area contributed by atoms with Gasteiger partial charge in [0.15, 0.2) is 11.5 Å². The standard InChI is InChI=1S/C23H22N4O3/c1-14-6-7-22(30-14)19-11-20(26-25-19)23(29)27-12-16(21(28)13-27)10-15-8-9-24-18-5-3-2-4-17(15)18/h2-9,11,16,21,28H,10,12-13H2,1H3,(H,25,26)/t16-,21+/m1/s1. The monoisotopic (exact) mass is 402 g/mol. The smallest absolute Gasteiger partial charge is 0.274 e. The number of aliphatic hydroxyl groups excluding tert-OH is 1. The maximum atomic E-state index is 12.9. The Morgan fingerprint density at radius 1 is 1.23 bits per heavy atom. The third-order valence-corrected chi connectivity index (χ3v) is 5.72. The molecule has 1 aliphatic heterocycles. The van der Waals surface area contributed by atoms with E-state index in [0.29, 0.717) is 36.7 Å². The van der Waals surface area contributed by atoms with E-state index in [-0.39, 0.29) is 11.8 Å². The van der Waals surface area contributed by atoms with Gasteiger partial charge < -0.3 is 14.4 Å². The number of nitrogens with zero attached hydrogens (tertiary/aromatic N) is 3. The fourth-order valence-electron chi connectivity index (χ4n) is 4.13. The minimum atomic E-state index is -0.577. The second-order valence-corrected chi connectivity index (χ2v) is 7.81. The Bertz CT molecular complexity index is 1210. The molecule has 7 heteroatoms. The molecule has 0 bridgehead atoms. The summed E-state index contributed by atoms with van der Waals surface area (Å²) in [6, 6.07) is 15.4. The number of carbonyl (C=O) groups excluding carboxylic acids is 1. The van der Waals surface area contributed by atoms with Crippen molar-refractivity contribution < 1.29 is 14.3 Å². The highest BCUT2D eigenvalue weighted by Gasteiger charge is 2.35. The highest BCUT2D eigenvalue weighted by atomic mass is 16.3. The number of benzene rings is 1. The number of furan rings is 1. The summed E-state index contributed by atoms with van der Waals surface area (Å²) in [5.41, 5.74) is 3.05. The number of nitrogens with one attached hydrogen (secondary N) is 1. The van der Waals surface area contributed by atoms with Gasteiger partial charge in [0.1, 0.15) is 11.5 Å². The molecular weight excluding hydrogens is 380 g/mol. The predicted octanol–water partition coefficient (Wildman–Crippen LogP) is 3.20. The number of aliphatic hydroxyl groups is 1. The molecule has 1 fully saturated rings. The van der Waals surface area contributed by atoms with Crippen molar-refractivity contribution >= 4 is 16.8 Å². The number of likely N-dealkylation sites (tertiary alicyclic amines) is 1. The summed E-state index contributed by atoms with van der Waals surface area (Å²) >= 11 is 0. The van der Waals surface area contributed by atoms with Crippen molar-refractivity contribution in [3.8, 4) is 11.5 Å². The minimum Gasteiger partial charge on any atom is -0.460 e. The van der Waals surface area contributed by atoms with Gasteiger partial charge in [-0.05, 0) is 43.2 Å². The molecule has 1 aliphatic rings. The van der Waals surface area contributed by atoms with Gasteiger partial charge in [0, 0.05) is 36.7 Å². The van der Waals surface area contributed by atoms with E-state index in [1.807, 2.05) is 49.4 Å². The average molecular weight is 402 g/mol. The van der Waals surface area contributed by atoms with Crippen molar-refractivity contribution in [2.45, 2.75) is 19.4 Å². The van der Waals surface area contributed by atoms with Crippen LogP contribution >= 0.6 is 0 Å². The van der Waals surface area contributed by atoms with Gasteiger partial charge in [0.2, 0.25) is 0 Å². The van der Waals surface area contributed by atoms with Crippen LogP contribution in [-0.2, 0) is 6.42 Å². The number of pyridine rings is 1. The van der Waals surface area contributed by atoms with E-state index in [4.69, 9.17) is 4.42 Å². The van der Waals surface area contributed by atoms with Crippen LogP contribution in [0.25, 0.3) is 22.4 Å². The zero-order valence-electron chi connectivity index (χ0n) is 16.6. The second kappa shape index (κ2) is 7.42. The van der Waals surface area contributed by atoms with Crippen LogP contribution in [0.3, 0.4) is 0 Å². The minimum absolute atomic E-state index is 0.0362. The molecule has 1 amide bonds. The summed E-state index contributed by atoms with van der Waals surface area (Å²) in [6.45, 7) is 2.65. The van der Waals surface area contributed by atoms with Crippen LogP contribution in [0.1, 0.15) is 21.8 Å². The summed E-state index contributed by atoms with van der Waals surface area (Å²) in [6.07, 6.45) is 1.90. The van der Waals surface area contributed by atoms with Gasteiger partial charge in [0.05, 0.1) is 11.6 Å². The number of H-pyrrole nitrogens is 1. The Kier molecular flexibility index (Phi) is 4.59. The molecule has 1 aromatic carbocycles. The highest BCUT2D eigenvalue weighted by Crippen LogP contribution is 2.27. The maximum Gasteiger partial charge on any atom is 0.274 e. The Morgan fingerprint density at radius 2 is 2.10 bits per heavy atom. The first kappa shape index (κ1) is 18.6. The van der Waals surface area contributed by atoms with E-state index in [2.05, 4.69) is 15.2 Å². The van der Waals surface area contributed by atoms with Crippen molar-refractivity contribution in [3.05, 3.63) is 71.7 Å². The van der Waals surface area contributed by atoms with E-state index in [1.165, 1.54) is 0 Å². The van der Waals surface area contributed by atoms with Gasteiger partial charge in [-0.25, -0.2) is 0 Å². The number of para-hydroxylation sites is 1. The number of amides is 1. The van der Waals surface area contributed by atoms with Crippen molar-refractivity contribution in [2.75, 3.05) is 13.1 Å². The largest absolute Gasteiger partial charge is 0.460 e. The number of carbonyl (C=O) groups is 1. The van der Waals surface area contributed by atoms with E-state index < -0.39 is 6.10 Å². The molecule has 152 valence electrons. The van der Waals surface area contributed by atoms with Gasteiger partial charge in [-0.2, -0.15) is 5.10 Å². The highest BCUT2D eigenvalue weighted by molar-refractivity contribution is 5.93. The van der Waals surface area contributed by atoms with Crippen molar-refractivity contribution in [2.24, 2.45) is 5.92 Å². The number of rotatable bonds is 4. The van der Waals surface area contributed by atoms with E-state index >= 15 is 0 Å². The first-order valence-electron chi connectivity index (χ1n) is 10.0. The van der Waals surface area contributed by atoms with Gasteiger partial charge in [0.25, 0.3) is 5.91 Å². The maximum absolute atomic E-state index is 12.9. The Morgan fingerprint density at radius 3 is 2.93 bits per heavy atom. The predicted molar refractivity (Wildman–Crippen MR) is 112 cm³/mol. The number of hydrogen-bond donors (Lipinski definition) is 2. The van der Waals surface area contributed by atoms with Crippen LogP contribution < -0.4 is 0 Å². The van der Waals surface area contributed by atoms with Crippen molar-refractivity contribution in [3.63, 3.8) is 0 Å². The SMILES string of the molecule is Cc1ccc(-c2cc(C(=O)N3C[C@@H](Cc4ccnc5ccccc45)[C@@H](O)C3)n[nH]2)o1. The first-order chi connectivity index (χ1) is 14.6. The van der Waals surface area contributed by atoms with Crippen molar-refractivity contribution in [1.29, 1.82) is 0 Å². The summed E-state index contributed by atoms with van der Waals surface area (Å²) < 4.78 is 5.58. The molecule has 2 N–H and O–H groups in total. The molecule has 3 aromatic heterocycles. The van der Waals surface area contributed by atoms with Crippen LogP contribution in [0.15, 0.2) is 59.1 Å². The summed E-state index contributed by atoms with van der Waals surface area (Å²) in [5, 5.41) is 18.7. The lowest BCUT2D eigenvalue weighted by Gasteiger charge is -2.15. The second-order valence-electron chi connectivity index (χ2n) is 7.81. The van der Waals surface area contributed by atoms with Crippen LogP contribution in [0.4, 0.5) is 0 Å². The molecule has 4 heterocycles. The normalized spacial score (nSPS) is 18.9. The number of β-amino-alcohol motifs (C(OH)–C–C–N with tert-alkyl or cyclic N) is 1. The van der Waals surface area contributed by atoms with Crippen LogP contribution in [0.2, 0.25) is 0 Å². The molecule has 7 nitrogen and oxygen atoms in total. The van der Waals surface area contributed by atoms with Gasteiger partial charge >= 0.3 is 0 Å². The van der Waals surface area contributed by atoms with E-state index in [1.54, 1.807) is 17.2 Å². The lowest BCUT2D eigenvalue weighted by atomic mass is 9.94. The van der Waals surface area contributed by atoms with Crippen LogP contribution in [0.5, 0.6) is 0 Å². The topological polar surface area (TPSA) is 95.3 Å². The lowest BCUT2D eigenvalue weighted by Crippen LogP contribution is -2.29. The number of aryl methyl sites for hydroxylation is 1. The summed E-state index contributed by atoms with van der Waals surface area (Å²) in [7, 11) is 0. The summed E-state index contributed by atoms with van der Waals surface area (Å²) in [4.78, 5) is 19.0. The van der Waals surface area contributed by atoms with Gasteiger partial charge in [-0.3, -0.25) is 14.9 Å². The zero-order chi connectivity index (χ0) is 20.7. The first-order valence-corrected chi connectivity index (χ1v) is 10.0. The molecule has 0 aliphatic carbocycles. The molecule has 0 radical (unpaired) electrons. The zero-order valence-corrected chi connectivity index (χ0v) is 16.6. The molecule has 4 aromatic rings. The molecular formula is C23H22N4O3. The van der Waals surface area contributed by atoms with Crippen LogP contribution in [0, 0.1) is 12.8 Å². The third-order valence-electron chi connectivity index (χ3n) is 5.72. The molecule has 1 saturated heterocycles. The molecule has 0 saturated carbocycles. The Labute approximate surface area is 173 Å². The fraction of sp³-hybridized carbons (Fsp3) is 0.261. The quantitative estimate of drug-likeness (QED) is 0.547. The molecule has 30 heavy (non-hydrogen) atoms. The molecule has 5 rings (SSSR count). The van der Waals surface area contributed by atoms with Crippen molar-refractivity contribution in [1.82, 2.24) is 20.1 Å². The average Bonchev–Trinajstić information content (AvgIpc) is 3.48. The lowest BCUT2D eigenvalue weighted by molar-refractivity contribution is 0.0759. The molecule has 0 spiro atoms. The Hall–Kier alpha value is -3.45. The van der Waals surface area contributed by atoms with E-state index in [9.17, 15) is 9.90 Å². The third kappa shape index (κ3) is 3.37. The van der Waals surface area contributed by atoms with Gasteiger partial charge in [-0.15, -0.1) is 0 Å². The summed E-state index contributed by atoms with van der Waals surface area (Å²) in [5.74, 6) is 1.21. The van der Waals surface area contributed by atoms with Crippen LogP contribution in [-0.4, -0.2) is 50.3 Å². The number of aromatic nitrogens is 3. The van der Waals surface area contributed by atoms with Gasteiger partial charge in [-0.1, -0.05) is 18.2 Å². The number of fused-ring (bicyclic) bond motifs is 1. The number of hydrogen-bond acceptors (Lipinski definition) is 5. The molecule has 0 unspecified atom stereocenters. The molecule has 2 atom stereocenters. The fourth-order valence-corrected chi connectivity index (χ4v) is 4.13. The Balaban J connectivity index is 1.32. The van der Waals surface area contributed by atoms with E-state index in [0.717, 1.165) is 22.2 Å².